The second kappa shape index (κ2) is 12.5. The Balaban J connectivity index is 1.25. The third-order valence-electron chi connectivity index (χ3n) is 10.1. The molecule has 0 unspecified atom stereocenters. The van der Waals surface area contributed by atoms with E-state index in [4.69, 9.17) is 5.73 Å². The maximum absolute atomic E-state index is 5.88. The molecule has 0 spiro atoms. The molecule has 36 heavy (non-hydrogen) atoms. The first-order valence-electron chi connectivity index (χ1n) is 15.4. The molecule has 2 aromatic rings. The van der Waals surface area contributed by atoms with Gasteiger partial charge in [-0.1, -0.05) is 70.1 Å². The molecule has 0 atom stereocenters. The Morgan fingerprint density at radius 2 is 1.33 bits per heavy atom. The summed E-state index contributed by atoms with van der Waals surface area (Å²) in [6, 6.07) is 15.7. The van der Waals surface area contributed by atoms with E-state index in [9.17, 15) is 0 Å². The molecule has 0 amide bonds. The number of benzene rings is 2. The van der Waals surface area contributed by atoms with E-state index in [0.717, 1.165) is 41.8 Å². The maximum atomic E-state index is 5.88. The van der Waals surface area contributed by atoms with Gasteiger partial charge in [0.25, 0.3) is 0 Å². The number of hydrogen-bond acceptors (Lipinski definition) is 2. The van der Waals surface area contributed by atoms with Crippen LogP contribution in [0.4, 0.5) is 11.4 Å². The summed E-state index contributed by atoms with van der Waals surface area (Å²) in [6.45, 7) is 3.22. The fourth-order valence-electron chi connectivity index (χ4n) is 7.92. The van der Waals surface area contributed by atoms with Crippen LogP contribution in [0, 0.1) is 17.8 Å². The highest BCUT2D eigenvalue weighted by molar-refractivity contribution is 5.52. The molecule has 2 nitrogen and oxygen atoms in total. The second-order valence-electron chi connectivity index (χ2n) is 12.5. The molecule has 2 aromatic carbocycles. The van der Waals surface area contributed by atoms with E-state index in [0.29, 0.717) is 0 Å². The molecular weight excluding hydrogens is 436 g/mol. The Morgan fingerprint density at radius 3 is 2.00 bits per heavy atom. The van der Waals surface area contributed by atoms with E-state index < -0.39 is 0 Å². The minimum Gasteiger partial charge on any atom is -0.399 e. The lowest BCUT2D eigenvalue weighted by Crippen LogP contribution is -2.26. The molecule has 0 aromatic heterocycles. The van der Waals surface area contributed by atoms with Gasteiger partial charge >= 0.3 is 0 Å². The van der Waals surface area contributed by atoms with Crippen LogP contribution in [0.3, 0.4) is 0 Å². The molecule has 2 heteroatoms. The first kappa shape index (κ1) is 25.7. The highest BCUT2D eigenvalue weighted by atomic mass is 14.9. The minimum absolute atomic E-state index is 0.757. The van der Waals surface area contributed by atoms with Crippen LogP contribution < -0.4 is 11.1 Å². The maximum Gasteiger partial charge on any atom is 0.0400 e. The molecule has 3 fully saturated rings. The van der Waals surface area contributed by atoms with E-state index in [1.807, 2.05) is 12.1 Å². The van der Waals surface area contributed by atoms with Gasteiger partial charge < -0.3 is 11.1 Å². The Morgan fingerprint density at radius 1 is 0.694 bits per heavy atom. The first-order valence-corrected chi connectivity index (χ1v) is 15.4. The topological polar surface area (TPSA) is 38.0 Å². The van der Waals surface area contributed by atoms with Crippen LogP contribution in [0.5, 0.6) is 0 Å². The van der Waals surface area contributed by atoms with Crippen molar-refractivity contribution >= 4 is 11.4 Å². The van der Waals surface area contributed by atoms with Gasteiger partial charge in [-0.25, -0.2) is 0 Å². The normalized spacial score (nSPS) is 27.6. The predicted octanol–water partition coefficient (Wildman–Crippen LogP) is 9.81. The molecule has 196 valence electrons. The van der Waals surface area contributed by atoms with E-state index in [-0.39, 0.29) is 0 Å². The average Bonchev–Trinajstić information content (AvgIpc) is 2.94. The summed E-state index contributed by atoms with van der Waals surface area (Å²) in [5.74, 6) is 4.59. The summed E-state index contributed by atoms with van der Waals surface area (Å²) in [6.07, 6.45) is 21.6. The van der Waals surface area contributed by atoms with Crippen molar-refractivity contribution in [2.24, 2.45) is 17.8 Å². The van der Waals surface area contributed by atoms with Crippen LogP contribution >= 0.6 is 0 Å². The number of nitrogen functional groups attached to an aromatic ring is 1. The van der Waals surface area contributed by atoms with E-state index >= 15 is 0 Å². The zero-order valence-corrected chi connectivity index (χ0v) is 22.8. The van der Waals surface area contributed by atoms with E-state index in [1.54, 1.807) is 11.1 Å². The number of rotatable bonds is 8. The molecule has 5 rings (SSSR count). The van der Waals surface area contributed by atoms with Crippen LogP contribution in [0.1, 0.15) is 132 Å². The van der Waals surface area contributed by atoms with Gasteiger partial charge in [-0.15, -0.1) is 0 Å². The van der Waals surface area contributed by atoms with Crippen molar-refractivity contribution in [1.29, 1.82) is 0 Å². The molecule has 0 radical (unpaired) electrons. The zero-order valence-electron chi connectivity index (χ0n) is 22.8. The van der Waals surface area contributed by atoms with Gasteiger partial charge in [0, 0.05) is 17.9 Å². The summed E-state index contributed by atoms with van der Waals surface area (Å²) < 4.78 is 0. The van der Waals surface area contributed by atoms with Crippen LogP contribution in [0.15, 0.2) is 42.5 Å². The van der Waals surface area contributed by atoms with Gasteiger partial charge in [0.1, 0.15) is 0 Å². The van der Waals surface area contributed by atoms with Gasteiger partial charge in [0.15, 0.2) is 0 Å². The van der Waals surface area contributed by atoms with Crippen molar-refractivity contribution in [3.63, 3.8) is 0 Å². The number of hydrogen-bond donors (Lipinski definition) is 2. The van der Waals surface area contributed by atoms with Crippen molar-refractivity contribution in [2.75, 3.05) is 11.1 Å². The summed E-state index contributed by atoms with van der Waals surface area (Å²) in [5, 5.41) is 3.72. The monoisotopic (exact) mass is 486 g/mol. The molecule has 0 aliphatic heterocycles. The molecule has 0 saturated heterocycles. The lowest BCUT2D eigenvalue weighted by Gasteiger charge is -2.39. The van der Waals surface area contributed by atoms with Gasteiger partial charge in [-0.2, -0.15) is 0 Å². The van der Waals surface area contributed by atoms with Crippen molar-refractivity contribution in [3.8, 4) is 0 Å². The van der Waals surface area contributed by atoms with Gasteiger partial charge in [0.05, 0.1) is 0 Å². The Hall–Kier alpha value is -1.96. The number of nitrogens with one attached hydrogen (secondary N) is 1. The number of nitrogens with two attached hydrogens (primary N) is 1. The lowest BCUT2D eigenvalue weighted by molar-refractivity contribution is 0.156. The Labute approximate surface area is 220 Å². The minimum atomic E-state index is 0.757. The Bertz CT molecular complexity index is 926. The standard InChI is InChI=1S/C34H50N2/c1-2-6-25-9-13-27(14-10-25)28-15-17-30(18-16-28)34-23-32(36-24-26-11-19-31(35)20-12-26)21-22-33(34)29-7-4-3-5-8-29/h11-12,19-23,25,27-30,36H,2-10,13-18,24,35H2,1H3. The van der Waals surface area contributed by atoms with Crippen LogP contribution in [0.25, 0.3) is 0 Å². The molecule has 3 saturated carbocycles. The molecule has 3 aliphatic rings. The fourth-order valence-corrected chi connectivity index (χ4v) is 7.92. The van der Waals surface area contributed by atoms with Crippen LogP contribution in [-0.4, -0.2) is 0 Å². The highest BCUT2D eigenvalue weighted by Gasteiger charge is 2.32. The van der Waals surface area contributed by atoms with E-state index in [2.05, 4.69) is 42.6 Å². The highest BCUT2D eigenvalue weighted by Crippen LogP contribution is 2.47. The van der Waals surface area contributed by atoms with E-state index in [1.165, 1.54) is 108 Å². The van der Waals surface area contributed by atoms with Gasteiger partial charge in [-0.3, -0.25) is 0 Å². The molecule has 3 aliphatic carbocycles. The van der Waals surface area contributed by atoms with Crippen molar-refractivity contribution < 1.29 is 0 Å². The third kappa shape index (κ3) is 6.48. The zero-order chi connectivity index (χ0) is 24.7. The predicted molar refractivity (Wildman–Crippen MR) is 156 cm³/mol. The van der Waals surface area contributed by atoms with Gasteiger partial charge in [0.2, 0.25) is 0 Å². The fraction of sp³-hybridized carbons (Fsp3) is 0.647. The van der Waals surface area contributed by atoms with Crippen molar-refractivity contribution in [1.82, 2.24) is 0 Å². The molecule has 0 heterocycles. The molecular formula is C34H50N2. The van der Waals surface area contributed by atoms with Crippen LogP contribution in [-0.2, 0) is 6.54 Å². The first-order chi connectivity index (χ1) is 17.7. The van der Waals surface area contributed by atoms with Gasteiger partial charge in [-0.05, 0) is 122 Å². The van der Waals surface area contributed by atoms with Crippen molar-refractivity contribution in [2.45, 2.75) is 122 Å². The SMILES string of the molecule is CCCC1CCC(C2CCC(c3cc(NCc4ccc(N)cc4)ccc3C3CCCCC3)CC2)CC1. The summed E-state index contributed by atoms with van der Waals surface area (Å²) in [5.41, 5.74) is 12.7. The second-order valence-corrected chi connectivity index (χ2v) is 12.5. The lowest BCUT2D eigenvalue weighted by atomic mass is 9.67. The Kier molecular flexibility index (Phi) is 8.93. The third-order valence-corrected chi connectivity index (χ3v) is 10.1. The molecule has 3 N–H and O–H groups in total. The summed E-state index contributed by atoms with van der Waals surface area (Å²) in [7, 11) is 0. The summed E-state index contributed by atoms with van der Waals surface area (Å²) >= 11 is 0. The van der Waals surface area contributed by atoms with Crippen LogP contribution in [0.2, 0.25) is 0 Å². The molecule has 0 bridgehead atoms. The largest absolute Gasteiger partial charge is 0.399 e. The summed E-state index contributed by atoms with van der Waals surface area (Å²) in [4.78, 5) is 0. The smallest absolute Gasteiger partial charge is 0.0400 e. The average molecular weight is 487 g/mol. The van der Waals surface area contributed by atoms with Crippen molar-refractivity contribution in [3.05, 3.63) is 59.2 Å². The number of anilines is 2. The quantitative estimate of drug-likeness (QED) is 0.364.